The number of nitrogens with one attached hydrogen (secondary N) is 1. The first-order valence-corrected chi connectivity index (χ1v) is 7.39. The Kier molecular flexibility index (Phi) is 5.40. The lowest BCUT2D eigenvalue weighted by atomic mass is 9.91. The van der Waals surface area contributed by atoms with Crippen LogP contribution in [0.1, 0.15) is 24.8 Å². The Balaban J connectivity index is 1.95. The summed E-state index contributed by atoms with van der Waals surface area (Å²) < 4.78 is 0. The van der Waals surface area contributed by atoms with Gasteiger partial charge in [-0.1, -0.05) is 24.1 Å². The first-order valence-electron chi connectivity index (χ1n) is 7.01. The zero-order valence-corrected chi connectivity index (χ0v) is 12.5. The molecule has 1 saturated carbocycles. The number of aliphatic hydroxyl groups excluding tert-OH is 1. The summed E-state index contributed by atoms with van der Waals surface area (Å²) in [4.78, 5) is 14.2. The summed E-state index contributed by atoms with van der Waals surface area (Å²) in [6, 6.07) is 5.91. The minimum absolute atomic E-state index is 0.0595. The summed E-state index contributed by atoms with van der Waals surface area (Å²) in [5.41, 5.74) is 1.62. The van der Waals surface area contributed by atoms with Crippen molar-refractivity contribution in [2.75, 3.05) is 25.0 Å². The zero-order chi connectivity index (χ0) is 14.5. The van der Waals surface area contributed by atoms with Crippen LogP contribution >= 0.6 is 11.6 Å². The maximum absolute atomic E-state index is 12.1. The predicted octanol–water partition coefficient (Wildman–Crippen LogP) is 2.43. The van der Waals surface area contributed by atoms with Gasteiger partial charge in [0.15, 0.2) is 0 Å². The summed E-state index contributed by atoms with van der Waals surface area (Å²) >= 11 is 6.04. The molecule has 4 nitrogen and oxygen atoms in total. The van der Waals surface area contributed by atoms with Gasteiger partial charge in [-0.05, 0) is 37.5 Å². The number of hydrogen-bond acceptors (Lipinski definition) is 3. The van der Waals surface area contributed by atoms with E-state index in [0.29, 0.717) is 24.2 Å². The summed E-state index contributed by atoms with van der Waals surface area (Å²) in [5, 5.41) is 12.6. The Bertz CT molecular complexity index is 475. The van der Waals surface area contributed by atoms with Crippen molar-refractivity contribution in [1.82, 2.24) is 4.90 Å². The van der Waals surface area contributed by atoms with Crippen molar-refractivity contribution in [2.24, 2.45) is 0 Å². The van der Waals surface area contributed by atoms with E-state index in [-0.39, 0.29) is 12.5 Å². The molecule has 0 bridgehead atoms. The van der Waals surface area contributed by atoms with E-state index in [1.807, 2.05) is 19.1 Å². The van der Waals surface area contributed by atoms with E-state index in [2.05, 4.69) is 10.2 Å². The van der Waals surface area contributed by atoms with Gasteiger partial charge in [-0.2, -0.15) is 0 Å². The van der Waals surface area contributed by atoms with Gasteiger partial charge >= 0.3 is 0 Å². The van der Waals surface area contributed by atoms with Gasteiger partial charge in [0.25, 0.3) is 0 Å². The molecule has 0 spiro atoms. The molecule has 0 heterocycles. The van der Waals surface area contributed by atoms with Crippen LogP contribution in [0.3, 0.4) is 0 Å². The average molecular weight is 297 g/mol. The molecular formula is C15H21ClN2O2. The van der Waals surface area contributed by atoms with Crippen molar-refractivity contribution in [3.05, 3.63) is 28.8 Å². The number of hydrogen-bond donors (Lipinski definition) is 2. The van der Waals surface area contributed by atoms with Gasteiger partial charge in [-0.15, -0.1) is 0 Å². The number of amides is 1. The van der Waals surface area contributed by atoms with Gasteiger partial charge in [-0.3, -0.25) is 9.69 Å². The second-order valence-corrected chi connectivity index (χ2v) is 5.65. The minimum atomic E-state index is -0.0595. The number of anilines is 1. The molecule has 1 amide bonds. The lowest BCUT2D eigenvalue weighted by Crippen LogP contribution is -2.45. The Morgan fingerprint density at radius 2 is 2.25 bits per heavy atom. The molecule has 5 heteroatoms. The van der Waals surface area contributed by atoms with E-state index in [1.165, 1.54) is 6.42 Å². The summed E-state index contributed by atoms with van der Waals surface area (Å²) in [7, 11) is 0. The smallest absolute Gasteiger partial charge is 0.238 e. The first-order chi connectivity index (χ1) is 9.61. The monoisotopic (exact) mass is 296 g/mol. The number of aliphatic hydroxyl groups is 1. The number of rotatable bonds is 6. The van der Waals surface area contributed by atoms with Gasteiger partial charge in [-0.25, -0.2) is 0 Å². The molecule has 0 radical (unpaired) electrons. The van der Waals surface area contributed by atoms with Crippen LogP contribution in [-0.2, 0) is 4.79 Å². The van der Waals surface area contributed by atoms with E-state index >= 15 is 0 Å². The summed E-state index contributed by atoms with van der Waals surface area (Å²) in [6.45, 7) is 2.83. The molecule has 0 aliphatic heterocycles. The molecule has 1 aliphatic rings. The number of benzene rings is 1. The highest BCUT2D eigenvalue weighted by molar-refractivity contribution is 6.31. The van der Waals surface area contributed by atoms with Crippen LogP contribution in [0.15, 0.2) is 18.2 Å². The molecule has 2 rings (SSSR count). The molecule has 0 aromatic heterocycles. The van der Waals surface area contributed by atoms with Crippen molar-refractivity contribution in [3.63, 3.8) is 0 Å². The fraction of sp³-hybridized carbons (Fsp3) is 0.533. The maximum atomic E-state index is 12.1. The Hall–Kier alpha value is -1.10. The molecule has 20 heavy (non-hydrogen) atoms. The van der Waals surface area contributed by atoms with Crippen LogP contribution in [0.5, 0.6) is 0 Å². The van der Waals surface area contributed by atoms with E-state index in [0.717, 1.165) is 24.1 Å². The van der Waals surface area contributed by atoms with Crippen molar-refractivity contribution in [2.45, 2.75) is 32.2 Å². The Labute approximate surface area is 124 Å². The average Bonchev–Trinajstić information content (AvgIpc) is 2.33. The van der Waals surface area contributed by atoms with Crippen LogP contribution in [0.25, 0.3) is 0 Å². The highest BCUT2D eigenvalue weighted by Gasteiger charge is 2.26. The van der Waals surface area contributed by atoms with E-state index in [4.69, 9.17) is 16.7 Å². The molecular weight excluding hydrogens is 276 g/mol. The fourth-order valence-electron chi connectivity index (χ4n) is 2.39. The third-order valence-electron chi connectivity index (χ3n) is 3.87. The molecule has 0 atom stereocenters. The summed E-state index contributed by atoms with van der Waals surface area (Å²) in [6.07, 6.45) is 3.44. The number of halogens is 1. The second kappa shape index (κ2) is 7.07. The SMILES string of the molecule is Cc1c(Cl)cccc1NC(=O)CN(CCO)C1CCC1. The largest absolute Gasteiger partial charge is 0.395 e. The van der Waals surface area contributed by atoms with Gasteiger partial charge in [0, 0.05) is 23.3 Å². The Morgan fingerprint density at radius 1 is 1.50 bits per heavy atom. The number of carbonyl (C=O) groups is 1. The molecule has 1 aliphatic carbocycles. The number of carbonyl (C=O) groups excluding carboxylic acids is 1. The van der Waals surface area contributed by atoms with Crippen LogP contribution in [-0.4, -0.2) is 41.7 Å². The third-order valence-corrected chi connectivity index (χ3v) is 4.28. The van der Waals surface area contributed by atoms with Crippen molar-refractivity contribution < 1.29 is 9.90 Å². The number of nitrogens with zero attached hydrogens (tertiary/aromatic N) is 1. The van der Waals surface area contributed by atoms with E-state index in [1.54, 1.807) is 6.07 Å². The van der Waals surface area contributed by atoms with Crippen LogP contribution in [0.2, 0.25) is 5.02 Å². The van der Waals surface area contributed by atoms with E-state index < -0.39 is 0 Å². The van der Waals surface area contributed by atoms with Crippen molar-refractivity contribution in [1.29, 1.82) is 0 Å². The van der Waals surface area contributed by atoms with Crippen LogP contribution in [0, 0.1) is 6.92 Å². The molecule has 110 valence electrons. The van der Waals surface area contributed by atoms with Gasteiger partial charge in [0.05, 0.1) is 13.2 Å². The van der Waals surface area contributed by atoms with Crippen LogP contribution in [0.4, 0.5) is 5.69 Å². The quantitative estimate of drug-likeness (QED) is 0.848. The maximum Gasteiger partial charge on any atom is 0.238 e. The third kappa shape index (κ3) is 3.72. The molecule has 1 aromatic carbocycles. The normalized spacial score (nSPS) is 15.2. The topological polar surface area (TPSA) is 52.6 Å². The molecule has 0 saturated heterocycles. The van der Waals surface area contributed by atoms with Gasteiger partial charge in [0.2, 0.25) is 5.91 Å². The second-order valence-electron chi connectivity index (χ2n) is 5.24. The van der Waals surface area contributed by atoms with Crippen LogP contribution < -0.4 is 5.32 Å². The summed E-state index contributed by atoms with van der Waals surface area (Å²) in [5.74, 6) is -0.0595. The molecule has 1 fully saturated rings. The van der Waals surface area contributed by atoms with Gasteiger partial charge in [0.1, 0.15) is 0 Å². The first kappa shape index (κ1) is 15.3. The fourth-order valence-corrected chi connectivity index (χ4v) is 2.56. The highest BCUT2D eigenvalue weighted by atomic mass is 35.5. The van der Waals surface area contributed by atoms with Crippen molar-refractivity contribution >= 4 is 23.2 Å². The van der Waals surface area contributed by atoms with E-state index in [9.17, 15) is 4.79 Å². The molecule has 0 unspecified atom stereocenters. The van der Waals surface area contributed by atoms with Gasteiger partial charge < -0.3 is 10.4 Å². The minimum Gasteiger partial charge on any atom is -0.395 e. The molecule has 1 aromatic rings. The Morgan fingerprint density at radius 3 is 2.85 bits per heavy atom. The lowest BCUT2D eigenvalue weighted by Gasteiger charge is -2.36. The standard InChI is InChI=1S/C15H21ClN2O2/c1-11-13(16)6-3-7-14(11)17-15(20)10-18(8-9-19)12-4-2-5-12/h3,6-7,12,19H,2,4-5,8-10H2,1H3,(H,17,20). The van der Waals surface area contributed by atoms with Crippen molar-refractivity contribution in [3.8, 4) is 0 Å². The zero-order valence-electron chi connectivity index (χ0n) is 11.7. The predicted molar refractivity (Wildman–Crippen MR) is 81.1 cm³/mol. The molecule has 2 N–H and O–H groups in total. The highest BCUT2D eigenvalue weighted by Crippen LogP contribution is 2.25. The lowest BCUT2D eigenvalue weighted by molar-refractivity contribution is -0.118.